The van der Waals surface area contributed by atoms with Gasteiger partial charge in [0.1, 0.15) is 5.60 Å². The predicted molar refractivity (Wildman–Crippen MR) is 59.2 cm³/mol. The maximum Gasteiger partial charge on any atom is 1.00 e. The van der Waals surface area contributed by atoms with Crippen molar-refractivity contribution in [3.63, 3.8) is 0 Å². The van der Waals surface area contributed by atoms with Crippen LogP contribution >= 0.6 is 0 Å². The molecule has 0 saturated carbocycles. The van der Waals surface area contributed by atoms with Gasteiger partial charge in [0.05, 0.1) is 5.97 Å². The first-order valence-corrected chi connectivity index (χ1v) is 5.69. The van der Waals surface area contributed by atoms with Crippen LogP contribution < -0.4 is 40.0 Å². The van der Waals surface area contributed by atoms with E-state index in [1.807, 2.05) is 20.8 Å². The molecule has 1 amide bonds. The molecular weight excluding hydrogens is 247 g/mol. The SMILES string of the molecule is CC(C)(C)OC(=O)N1CC[C@H](NCC(=O)[O-])C1.[Na+]. The predicted octanol–water partition coefficient (Wildman–Crippen LogP) is -3.66. The van der Waals surface area contributed by atoms with Gasteiger partial charge in [0.25, 0.3) is 0 Å². The third-order valence-corrected chi connectivity index (χ3v) is 2.38. The summed E-state index contributed by atoms with van der Waals surface area (Å²) in [6, 6.07) is 0.000387. The summed E-state index contributed by atoms with van der Waals surface area (Å²) in [6.07, 6.45) is 0.377. The van der Waals surface area contributed by atoms with Crippen molar-refractivity contribution >= 4 is 12.1 Å². The van der Waals surface area contributed by atoms with E-state index in [4.69, 9.17) is 4.74 Å². The molecule has 0 aromatic heterocycles. The van der Waals surface area contributed by atoms with Crippen molar-refractivity contribution < 1.29 is 49.0 Å². The topological polar surface area (TPSA) is 81.7 Å². The van der Waals surface area contributed by atoms with Crippen molar-refractivity contribution in [2.75, 3.05) is 19.6 Å². The summed E-state index contributed by atoms with van der Waals surface area (Å²) in [5.41, 5.74) is -0.506. The molecule has 0 spiro atoms. The number of likely N-dealkylation sites (tertiary alicyclic amines) is 1. The molecule has 1 N–H and O–H groups in total. The molecule has 0 radical (unpaired) electrons. The minimum absolute atomic E-state index is 0. The molecule has 1 heterocycles. The number of nitrogens with one attached hydrogen (secondary N) is 1. The first-order chi connectivity index (χ1) is 7.78. The molecule has 0 aliphatic carbocycles. The van der Waals surface area contributed by atoms with Crippen LogP contribution in [0.25, 0.3) is 0 Å². The van der Waals surface area contributed by atoms with E-state index < -0.39 is 11.6 Å². The zero-order valence-corrected chi connectivity index (χ0v) is 13.5. The number of rotatable bonds is 3. The van der Waals surface area contributed by atoms with Crippen LogP contribution in [-0.2, 0) is 9.53 Å². The minimum atomic E-state index is -1.14. The molecule has 0 aromatic rings. The standard InChI is InChI=1S/C11H20N2O4.Na/c1-11(2,3)17-10(16)13-5-4-8(7-13)12-6-9(14)15;/h8,12H,4-7H2,1-3H3,(H,14,15);/q;+1/p-1/t8-;/m0./s1. The van der Waals surface area contributed by atoms with Crippen LogP contribution in [0.3, 0.4) is 0 Å². The second-order valence-electron chi connectivity index (χ2n) is 5.16. The van der Waals surface area contributed by atoms with Crippen molar-refractivity contribution in [1.29, 1.82) is 0 Å². The summed E-state index contributed by atoms with van der Waals surface area (Å²) < 4.78 is 5.23. The van der Waals surface area contributed by atoms with E-state index in [1.54, 1.807) is 4.90 Å². The molecule has 0 unspecified atom stereocenters. The Bertz CT molecular complexity index is 304. The van der Waals surface area contributed by atoms with Gasteiger partial charge in [-0.15, -0.1) is 0 Å². The average molecular weight is 266 g/mol. The first kappa shape index (κ1) is 17.7. The van der Waals surface area contributed by atoms with Crippen LogP contribution in [0.2, 0.25) is 0 Å². The molecule has 18 heavy (non-hydrogen) atoms. The summed E-state index contributed by atoms with van der Waals surface area (Å²) in [5.74, 6) is -1.14. The molecule has 6 nitrogen and oxygen atoms in total. The normalized spacial score (nSPS) is 19.3. The molecule has 1 aliphatic rings. The number of carbonyl (C=O) groups excluding carboxylic acids is 2. The Balaban J connectivity index is 0.00000289. The van der Waals surface area contributed by atoms with Crippen molar-refractivity contribution in [2.24, 2.45) is 0 Å². The number of nitrogens with zero attached hydrogens (tertiary/aromatic N) is 1. The Labute approximate surface area is 129 Å². The maximum atomic E-state index is 11.7. The summed E-state index contributed by atoms with van der Waals surface area (Å²) in [6.45, 7) is 6.31. The second kappa shape index (κ2) is 7.33. The summed E-state index contributed by atoms with van der Waals surface area (Å²) in [5, 5.41) is 13.1. The number of hydrogen-bond acceptors (Lipinski definition) is 5. The fourth-order valence-corrected chi connectivity index (χ4v) is 1.65. The number of carboxylic acid groups (broad SMARTS) is 1. The van der Waals surface area contributed by atoms with Crippen molar-refractivity contribution in [1.82, 2.24) is 10.2 Å². The minimum Gasteiger partial charge on any atom is -0.549 e. The Kier molecular flexibility index (Phi) is 7.21. The van der Waals surface area contributed by atoms with Crippen molar-refractivity contribution in [2.45, 2.75) is 38.8 Å². The fraction of sp³-hybridized carbons (Fsp3) is 0.818. The van der Waals surface area contributed by atoms with Gasteiger partial charge in [-0.2, -0.15) is 0 Å². The van der Waals surface area contributed by atoms with Gasteiger partial charge in [-0.05, 0) is 27.2 Å². The zero-order chi connectivity index (χ0) is 13.1. The largest absolute Gasteiger partial charge is 1.00 e. The molecule has 1 saturated heterocycles. The molecule has 1 atom stereocenters. The number of aliphatic carboxylic acids is 1. The molecule has 0 aromatic carbocycles. The molecule has 1 fully saturated rings. The van der Waals surface area contributed by atoms with Gasteiger partial charge in [-0.1, -0.05) is 0 Å². The van der Waals surface area contributed by atoms with Crippen LogP contribution in [0.5, 0.6) is 0 Å². The van der Waals surface area contributed by atoms with Crippen LogP contribution in [0.15, 0.2) is 0 Å². The molecular formula is C11H19N2NaO4. The summed E-state index contributed by atoms with van der Waals surface area (Å²) in [4.78, 5) is 23.6. The Morgan fingerprint density at radius 2 is 2.06 bits per heavy atom. The number of carboxylic acids is 1. The van der Waals surface area contributed by atoms with Crippen LogP contribution in [-0.4, -0.2) is 48.2 Å². The first-order valence-electron chi connectivity index (χ1n) is 5.69. The second-order valence-corrected chi connectivity index (χ2v) is 5.16. The van der Waals surface area contributed by atoms with Gasteiger partial charge in [-0.3, -0.25) is 0 Å². The number of carbonyl (C=O) groups is 2. The third kappa shape index (κ3) is 6.58. The zero-order valence-electron chi connectivity index (χ0n) is 11.5. The monoisotopic (exact) mass is 266 g/mol. The van der Waals surface area contributed by atoms with Crippen LogP contribution in [0, 0.1) is 0 Å². The van der Waals surface area contributed by atoms with E-state index >= 15 is 0 Å². The molecule has 1 aliphatic heterocycles. The van der Waals surface area contributed by atoms with E-state index in [1.165, 1.54) is 0 Å². The van der Waals surface area contributed by atoms with E-state index in [-0.39, 0.29) is 48.2 Å². The average Bonchev–Trinajstić information content (AvgIpc) is 2.60. The van der Waals surface area contributed by atoms with E-state index in [9.17, 15) is 14.7 Å². The summed E-state index contributed by atoms with van der Waals surface area (Å²) >= 11 is 0. The molecule has 1 rings (SSSR count). The Morgan fingerprint density at radius 3 is 2.56 bits per heavy atom. The van der Waals surface area contributed by atoms with Crippen LogP contribution in [0.1, 0.15) is 27.2 Å². The van der Waals surface area contributed by atoms with E-state index in [0.29, 0.717) is 13.1 Å². The maximum absolute atomic E-state index is 11.7. The quantitative estimate of drug-likeness (QED) is 0.533. The third-order valence-electron chi connectivity index (χ3n) is 2.38. The van der Waals surface area contributed by atoms with Gasteiger partial charge >= 0.3 is 35.7 Å². The molecule has 7 heteroatoms. The summed E-state index contributed by atoms with van der Waals surface area (Å²) in [7, 11) is 0. The fourth-order valence-electron chi connectivity index (χ4n) is 1.65. The molecule has 98 valence electrons. The van der Waals surface area contributed by atoms with Gasteiger partial charge in [0, 0.05) is 25.7 Å². The van der Waals surface area contributed by atoms with E-state index in [2.05, 4.69) is 5.32 Å². The van der Waals surface area contributed by atoms with Crippen LogP contribution in [0.4, 0.5) is 4.79 Å². The van der Waals surface area contributed by atoms with Gasteiger partial charge in [0.2, 0.25) is 0 Å². The van der Waals surface area contributed by atoms with Gasteiger partial charge in [-0.25, -0.2) is 4.79 Å². The Hall–Kier alpha value is -0.300. The smallest absolute Gasteiger partial charge is 0.549 e. The molecule has 0 bridgehead atoms. The van der Waals surface area contributed by atoms with E-state index in [0.717, 1.165) is 6.42 Å². The van der Waals surface area contributed by atoms with Crippen molar-refractivity contribution in [3.05, 3.63) is 0 Å². The number of hydrogen-bond donors (Lipinski definition) is 1. The van der Waals surface area contributed by atoms with Gasteiger partial charge < -0.3 is 24.9 Å². The number of amides is 1. The number of ether oxygens (including phenoxy) is 1. The Morgan fingerprint density at radius 1 is 1.44 bits per heavy atom. The van der Waals surface area contributed by atoms with Gasteiger partial charge in [0.15, 0.2) is 0 Å². The van der Waals surface area contributed by atoms with Crippen molar-refractivity contribution in [3.8, 4) is 0 Å².